The van der Waals surface area contributed by atoms with E-state index in [-0.39, 0.29) is 17.6 Å². The van der Waals surface area contributed by atoms with Crippen LogP contribution in [0.25, 0.3) is 0 Å². The Morgan fingerprint density at radius 3 is 2.17 bits per heavy atom. The van der Waals surface area contributed by atoms with Crippen molar-refractivity contribution in [2.45, 2.75) is 38.4 Å². The molecule has 1 saturated heterocycles. The van der Waals surface area contributed by atoms with E-state index in [1.807, 2.05) is 24.3 Å². The molecule has 1 fully saturated rings. The maximum absolute atomic E-state index is 12.8. The van der Waals surface area contributed by atoms with Crippen LogP contribution in [0, 0.1) is 5.92 Å². The van der Waals surface area contributed by atoms with E-state index in [9.17, 15) is 13.2 Å². The fourth-order valence-corrected chi connectivity index (χ4v) is 5.85. The maximum atomic E-state index is 12.8. The fraction of sp³-hybridized carbons (Fsp3) is 0.409. The molecule has 1 amide bonds. The smallest absolute Gasteiger partial charge is 0.227 e. The summed E-state index contributed by atoms with van der Waals surface area (Å²) in [6, 6.07) is 12.8. The summed E-state index contributed by atoms with van der Waals surface area (Å²) in [4.78, 5) is 12.6. The van der Waals surface area contributed by atoms with E-state index in [1.165, 1.54) is 9.87 Å². The van der Waals surface area contributed by atoms with Gasteiger partial charge in [-0.15, -0.1) is 0 Å². The Morgan fingerprint density at radius 1 is 1.07 bits per heavy atom. The lowest BCUT2D eigenvalue weighted by molar-refractivity contribution is -0.120. The van der Waals surface area contributed by atoms with Crippen LogP contribution in [0.4, 0.5) is 5.69 Å². The highest BCUT2D eigenvalue weighted by molar-refractivity contribution is 7.88. The number of sulfonamides is 1. The van der Waals surface area contributed by atoms with Gasteiger partial charge in [0.25, 0.3) is 0 Å². The van der Waals surface area contributed by atoms with Crippen LogP contribution in [-0.4, -0.2) is 31.7 Å². The average Bonchev–Trinajstić information content (AvgIpc) is 2.71. The Labute approximate surface area is 188 Å². The van der Waals surface area contributed by atoms with Crippen LogP contribution in [0.1, 0.15) is 43.7 Å². The number of halogens is 2. The van der Waals surface area contributed by atoms with Gasteiger partial charge in [-0.2, -0.15) is 0 Å². The highest BCUT2D eigenvalue weighted by Gasteiger charge is 2.32. The van der Waals surface area contributed by atoms with Crippen LogP contribution >= 0.6 is 23.2 Å². The summed E-state index contributed by atoms with van der Waals surface area (Å²) in [5.74, 6) is -0.102. The van der Waals surface area contributed by atoms with Gasteiger partial charge in [0.15, 0.2) is 0 Å². The molecule has 0 atom stereocenters. The number of nitrogens with zero attached hydrogens (tertiary/aromatic N) is 1. The number of hydrogen-bond donors (Lipinski definition) is 1. The zero-order valence-electron chi connectivity index (χ0n) is 17.1. The van der Waals surface area contributed by atoms with Crippen molar-refractivity contribution in [3.63, 3.8) is 0 Å². The number of benzene rings is 2. The van der Waals surface area contributed by atoms with E-state index < -0.39 is 10.0 Å². The maximum Gasteiger partial charge on any atom is 0.227 e. The lowest BCUT2D eigenvalue weighted by atomic mass is 9.97. The number of amides is 1. The largest absolute Gasteiger partial charge is 0.326 e. The summed E-state index contributed by atoms with van der Waals surface area (Å²) < 4.78 is 27.1. The number of hydrogen-bond acceptors (Lipinski definition) is 3. The van der Waals surface area contributed by atoms with Crippen molar-refractivity contribution in [2.24, 2.45) is 5.92 Å². The SMILES string of the molecule is CC(C)c1ccc(NC(=O)C2CCN(S(=O)(=O)Cc3c(Cl)cccc3Cl)CC2)cc1. The monoisotopic (exact) mass is 468 g/mol. The lowest BCUT2D eigenvalue weighted by Gasteiger charge is -2.30. The second-order valence-electron chi connectivity index (χ2n) is 7.90. The first kappa shape index (κ1) is 23.1. The molecule has 0 spiro atoms. The number of carbonyl (C=O) groups is 1. The summed E-state index contributed by atoms with van der Waals surface area (Å²) in [7, 11) is -3.57. The Morgan fingerprint density at radius 2 is 1.63 bits per heavy atom. The van der Waals surface area contributed by atoms with Crippen LogP contribution in [0.5, 0.6) is 0 Å². The molecule has 0 aliphatic carbocycles. The van der Waals surface area contributed by atoms with Crippen molar-refractivity contribution >= 4 is 44.8 Å². The van der Waals surface area contributed by atoms with Gasteiger partial charge in [-0.25, -0.2) is 12.7 Å². The van der Waals surface area contributed by atoms with Crippen LogP contribution in [-0.2, 0) is 20.6 Å². The predicted octanol–water partition coefficient (Wildman–Crippen LogP) is 5.30. The van der Waals surface area contributed by atoms with Gasteiger partial charge < -0.3 is 5.32 Å². The lowest BCUT2D eigenvalue weighted by Crippen LogP contribution is -2.41. The number of rotatable bonds is 6. The van der Waals surface area contributed by atoms with Gasteiger partial charge in [0.1, 0.15) is 0 Å². The molecule has 2 aromatic rings. The van der Waals surface area contributed by atoms with Crippen molar-refractivity contribution in [1.29, 1.82) is 0 Å². The van der Waals surface area contributed by atoms with Gasteiger partial charge in [-0.05, 0) is 48.6 Å². The van der Waals surface area contributed by atoms with Crippen molar-refractivity contribution in [2.75, 3.05) is 18.4 Å². The highest BCUT2D eigenvalue weighted by atomic mass is 35.5. The Hall–Kier alpha value is -1.60. The van der Waals surface area contributed by atoms with Crippen LogP contribution < -0.4 is 5.32 Å². The molecule has 2 aromatic carbocycles. The number of carbonyl (C=O) groups excluding carboxylic acids is 1. The summed E-state index contributed by atoms with van der Waals surface area (Å²) >= 11 is 12.2. The van der Waals surface area contributed by atoms with Gasteiger partial charge in [0.05, 0.1) is 5.75 Å². The van der Waals surface area contributed by atoms with Gasteiger partial charge in [-0.3, -0.25) is 4.79 Å². The third-order valence-electron chi connectivity index (χ3n) is 5.45. The minimum absolute atomic E-state index is 0.0708. The summed E-state index contributed by atoms with van der Waals surface area (Å²) in [5, 5.41) is 3.62. The third kappa shape index (κ3) is 5.55. The van der Waals surface area contributed by atoms with E-state index >= 15 is 0 Å². The molecule has 162 valence electrons. The minimum Gasteiger partial charge on any atom is -0.326 e. The van der Waals surface area contributed by atoms with Crippen molar-refractivity contribution in [3.05, 3.63) is 63.6 Å². The molecule has 5 nitrogen and oxygen atoms in total. The van der Waals surface area contributed by atoms with Gasteiger partial charge in [-0.1, -0.05) is 55.2 Å². The zero-order chi connectivity index (χ0) is 21.9. The zero-order valence-corrected chi connectivity index (χ0v) is 19.4. The second kappa shape index (κ2) is 9.69. The van der Waals surface area contributed by atoms with Crippen molar-refractivity contribution < 1.29 is 13.2 Å². The molecule has 0 unspecified atom stereocenters. The topological polar surface area (TPSA) is 66.5 Å². The summed E-state index contributed by atoms with van der Waals surface area (Å²) in [6.07, 6.45) is 0.955. The van der Waals surface area contributed by atoms with Crippen LogP contribution in [0.2, 0.25) is 10.0 Å². The Balaban J connectivity index is 1.57. The first-order chi connectivity index (χ1) is 14.2. The van der Waals surface area contributed by atoms with Crippen molar-refractivity contribution in [1.82, 2.24) is 4.31 Å². The molecule has 0 aromatic heterocycles. The molecule has 0 saturated carbocycles. The molecule has 1 aliphatic heterocycles. The molecule has 1 heterocycles. The molecule has 8 heteroatoms. The third-order valence-corrected chi connectivity index (χ3v) is 7.97. The molecule has 0 bridgehead atoms. The average molecular weight is 469 g/mol. The van der Waals surface area contributed by atoms with Crippen LogP contribution in [0.3, 0.4) is 0 Å². The minimum atomic E-state index is -3.57. The molecular weight excluding hydrogens is 443 g/mol. The van der Waals surface area contributed by atoms with E-state index in [0.717, 1.165) is 5.69 Å². The van der Waals surface area contributed by atoms with Gasteiger partial charge in [0.2, 0.25) is 15.9 Å². The molecule has 30 heavy (non-hydrogen) atoms. The molecule has 1 aliphatic rings. The van der Waals surface area contributed by atoms with Crippen LogP contribution in [0.15, 0.2) is 42.5 Å². The first-order valence-electron chi connectivity index (χ1n) is 9.99. The number of piperidine rings is 1. The Bertz CT molecular complexity index is 979. The van der Waals surface area contributed by atoms with E-state index in [4.69, 9.17) is 23.2 Å². The number of nitrogens with one attached hydrogen (secondary N) is 1. The molecular formula is C22H26Cl2N2O3S. The number of anilines is 1. The van der Waals surface area contributed by atoms with E-state index in [1.54, 1.807) is 18.2 Å². The molecule has 0 radical (unpaired) electrons. The summed E-state index contributed by atoms with van der Waals surface area (Å²) in [6.45, 7) is 4.84. The van der Waals surface area contributed by atoms with E-state index in [0.29, 0.717) is 47.5 Å². The van der Waals surface area contributed by atoms with Gasteiger partial charge >= 0.3 is 0 Å². The summed E-state index contributed by atoms with van der Waals surface area (Å²) in [5.41, 5.74) is 2.38. The normalized spacial score (nSPS) is 16.0. The van der Waals surface area contributed by atoms with E-state index in [2.05, 4.69) is 19.2 Å². The molecule has 3 rings (SSSR count). The second-order valence-corrected chi connectivity index (χ2v) is 10.7. The Kier molecular flexibility index (Phi) is 7.45. The highest BCUT2D eigenvalue weighted by Crippen LogP contribution is 2.29. The molecule has 1 N–H and O–H groups in total. The first-order valence-corrected chi connectivity index (χ1v) is 12.4. The van der Waals surface area contributed by atoms with Gasteiger partial charge in [0, 0.05) is 40.3 Å². The fourth-order valence-electron chi connectivity index (χ4n) is 3.54. The standard InChI is InChI=1S/C22H26Cl2N2O3S/c1-15(2)16-6-8-18(9-7-16)25-22(27)17-10-12-26(13-11-17)30(28,29)14-19-20(23)4-3-5-21(19)24/h3-9,15,17H,10-14H2,1-2H3,(H,25,27). The van der Waals surface area contributed by atoms with Crippen molar-refractivity contribution in [3.8, 4) is 0 Å². The quantitative estimate of drug-likeness (QED) is 0.625. The predicted molar refractivity (Wildman–Crippen MR) is 123 cm³/mol.